The Kier molecular flexibility index (Phi) is 9.08. The number of fused-ring (bicyclic) bond motifs is 3. The SMILES string of the molecule is CCC(SC1=Nc2ccccc2C2=NC(CC(=O)NCc3ccccc3)C(=O)N12)C(=O)NCCCOC. The van der Waals surface area contributed by atoms with E-state index in [1.807, 2.05) is 61.5 Å². The van der Waals surface area contributed by atoms with Gasteiger partial charge in [-0.2, -0.15) is 0 Å². The summed E-state index contributed by atoms with van der Waals surface area (Å²) in [4.78, 5) is 49.8. The van der Waals surface area contributed by atoms with Crippen molar-refractivity contribution in [2.45, 2.75) is 44.0 Å². The summed E-state index contributed by atoms with van der Waals surface area (Å²) in [6.07, 6.45) is 1.21. The highest BCUT2D eigenvalue weighted by Crippen LogP contribution is 2.35. The number of carbonyl (C=O) groups is 3. The van der Waals surface area contributed by atoms with E-state index in [0.717, 1.165) is 11.1 Å². The Bertz CT molecular complexity index is 1200. The number of rotatable bonds is 11. The molecule has 0 aromatic heterocycles. The van der Waals surface area contributed by atoms with Gasteiger partial charge in [-0.3, -0.25) is 19.4 Å². The van der Waals surface area contributed by atoms with Crippen molar-refractivity contribution in [1.82, 2.24) is 15.5 Å². The number of ether oxygens (including phenoxy) is 1. The fourth-order valence-electron chi connectivity index (χ4n) is 4.05. The number of nitrogens with one attached hydrogen (secondary N) is 2. The van der Waals surface area contributed by atoms with Crippen LogP contribution < -0.4 is 10.6 Å². The Hall–Kier alpha value is -3.50. The van der Waals surface area contributed by atoms with Crippen molar-refractivity contribution in [1.29, 1.82) is 0 Å². The number of carbonyl (C=O) groups excluding carboxylic acids is 3. The van der Waals surface area contributed by atoms with Crippen LogP contribution in [-0.2, 0) is 25.7 Å². The average molecular weight is 522 g/mol. The van der Waals surface area contributed by atoms with E-state index >= 15 is 0 Å². The number of thioether (sulfide) groups is 1. The van der Waals surface area contributed by atoms with Crippen LogP contribution in [0.15, 0.2) is 64.6 Å². The van der Waals surface area contributed by atoms with Gasteiger partial charge in [0, 0.05) is 32.4 Å². The van der Waals surface area contributed by atoms with Gasteiger partial charge in [0.25, 0.3) is 5.91 Å². The number of amides is 3. The molecule has 2 atom stereocenters. The second-order valence-electron chi connectivity index (χ2n) is 8.67. The molecular weight excluding hydrogens is 490 g/mol. The monoisotopic (exact) mass is 521 g/mol. The van der Waals surface area contributed by atoms with Crippen LogP contribution in [0.25, 0.3) is 0 Å². The normalized spacial score (nSPS) is 16.9. The molecule has 0 bridgehead atoms. The smallest absolute Gasteiger partial charge is 0.259 e. The molecule has 0 radical (unpaired) electrons. The quantitative estimate of drug-likeness (QED) is 0.442. The molecule has 194 valence electrons. The third-order valence-corrected chi connectivity index (χ3v) is 7.31. The van der Waals surface area contributed by atoms with E-state index in [1.165, 1.54) is 16.7 Å². The lowest BCUT2D eigenvalue weighted by molar-refractivity contribution is -0.128. The topological polar surface area (TPSA) is 112 Å². The van der Waals surface area contributed by atoms with Gasteiger partial charge in [0.15, 0.2) is 5.17 Å². The maximum atomic E-state index is 13.5. The van der Waals surface area contributed by atoms with E-state index in [-0.39, 0.29) is 24.1 Å². The van der Waals surface area contributed by atoms with Crippen LogP contribution in [-0.4, -0.2) is 65.2 Å². The number of aliphatic imine (C=N–C) groups is 2. The molecule has 2 aromatic rings. The molecular formula is C27H31N5O4S. The van der Waals surface area contributed by atoms with E-state index < -0.39 is 11.3 Å². The summed E-state index contributed by atoms with van der Waals surface area (Å²) in [5, 5.41) is 5.76. The average Bonchev–Trinajstić information content (AvgIpc) is 3.25. The molecule has 2 unspecified atom stereocenters. The van der Waals surface area contributed by atoms with Gasteiger partial charge in [-0.05, 0) is 30.5 Å². The molecule has 2 N–H and O–H groups in total. The molecule has 0 fully saturated rings. The Labute approximate surface area is 220 Å². The Morgan fingerprint density at radius 2 is 1.86 bits per heavy atom. The zero-order valence-corrected chi connectivity index (χ0v) is 21.8. The number of hydrogen-bond acceptors (Lipinski definition) is 7. The van der Waals surface area contributed by atoms with E-state index in [9.17, 15) is 14.4 Å². The second-order valence-corrected chi connectivity index (χ2v) is 9.84. The molecule has 2 aliphatic rings. The molecule has 0 aliphatic carbocycles. The molecule has 2 aliphatic heterocycles. The molecule has 2 heterocycles. The van der Waals surface area contributed by atoms with Gasteiger partial charge < -0.3 is 15.4 Å². The molecule has 0 spiro atoms. The summed E-state index contributed by atoms with van der Waals surface area (Å²) in [7, 11) is 1.62. The van der Waals surface area contributed by atoms with E-state index in [1.54, 1.807) is 7.11 Å². The summed E-state index contributed by atoms with van der Waals surface area (Å²) in [6.45, 7) is 3.37. The summed E-state index contributed by atoms with van der Waals surface area (Å²) in [6, 6.07) is 16.2. The minimum atomic E-state index is -0.856. The van der Waals surface area contributed by atoms with Gasteiger partial charge in [-0.1, -0.05) is 61.2 Å². The highest BCUT2D eigenvalue weighted by molar-refractivity contribution is 8.15. The third-order valence-electron chi connectivity index (χ3n) is 5.99. The molecule has 3 amide bonds. The van der Waals surface area contributed by atoms with Gasteiger partial charge in [0.1, 0.15) is 11.9 Å². The van der Waals surface area contributed by atoms with Crippen molar-refractivity contribution < 1.29 is 19.1 Å². The van der Waals surface area contributed by atoms with E-state index in [0.29, 0.717) is 49.2 Å². The lowest BCUT2D eigenvalue weighted by Gasteiger charge is -2.27. The lowest BCUT2D eigenvalue weighted by Crippen LogP contribution is -2.44. The van der Waals surface area contributed by atoms with Gasteiger partial charge in [-0.25, -0.2) is 9.89 Å². The van der Waals surface area contributed by atoms with Crippen LogP contribution in [0.4, 0.5) is 5.69 Å². The predicted octanol–water partition coefficient (Wildman–Crippen LogP) is 3.02. The number of benzene rings is 2. The van der Waals surface area contributed by atoms with Crippen molar-refractivity contribution in [3.63, 3.8) is 0 Å². The van der Waals surface area contributed by atoms with Crippen molar-refractivity contribution in [2.75, 3.05) is 20.3 Å². The first-order valence-corrected chi connectivity index (χ1v) is 13.2. The molecule has 9 nitrogen and oxygen atoms in total. The summed E-state index contributed by atoms with van der Waals surface area (Å²) in [5.41, 5.74) is 2.38. The number of para-hydroxylation sites is 1. The second kappa shape index (κ2) is 12.6. The van der Waals surface area contributed by atoms with Crippen LogP contribution in [0.5, 0.6) is 0 Å². The van der Waals surface area contributed by atoms with Gasteiger partial charge in [0.2, 0.25) is 11.8 Å². The molecule has 2 aromatic carbocycles. The lowest BCUT2D eigenvalue weighted by atomic mass is 10.1. The standard InChI is InChI=1S/C27H31N5O4S/c1-3-22(25(34)28-14-9-15-36-2)37-27-31-20-13-8-7-12-19(20)24-30-21(26(35)32(24)27)16-23(33)29-17-18-10-5-4-6-11-18/h4-8,10-13,21-22H,3,9,14-17H2,1-2H3,(H,28,34)(H,29,33). The van der Waals surface area contributed by atoms with Crippen LogP contribution in [0, 0.1) is 0 Å². The Morgan fingerprint density at radius 3 is 2.62 bits per heavy atom. The zero-order chi connectivity index (χ0) is 26.2. The van der Waals surface area contributed by atoms with Crippen molar-refractivity contribution >= 4 is 46.2 Å². The van der Waals surface area contributed by atoms with Crippen LogP contribution in [0.3, 0.4) is 0 Å². The van der Waals surface area contributed by atoms with Crippen molar-refractivity contribution in [3.05, 3.63) is 65.7 Å². The number of hydrogen-bond donors (Lipinski definition) is 2. The zero-order valence-electron chi connectivity index (χ0n) is 21.0. The highest BCUT2D eigenvalue weighted by Gasteiger charge is 2.43. The summed E-state index contributed by atoms with van der Waals surface area (Å²) < 4.78 is 5.04. The molecule has 37 heavy (non-hydrogen) atoms. The van der Waals surface area contributed by atoms with Gasteiger partial charge in [0.05, 0.1) is 17.4 Å². The van der Waals surface area contributed by atoms with Gasteiger partial charge >= 0.3 is 0 Å². The Balaban J connectivity index is 1.48. The van der Waals surface area contributed by atoms with E-state index in [4.69, 9.17) is 9.73 Å². The molecule has 0 saturated heterocycles. The van der Waals surface area contributed by atoms with Crippen molar-refractivity contribution in [3.8, 4) is 0 Å². The third kappa shape index (κ3) is 6.44. The maximum absolute atomic E-state index is 13.5. The van der Waals surface area contributed by atoms with E-state index in [2.05, 4.69) is 15.6 Å². The number of amidine groups is 2. The fraction of sp³-hybridized carbons (Fsp3) is 0.370. The van der Waals surface area contributed by atoms with Crippen LogP contribution >= 0.6 is 11.8 Å². The van der Waals surface area contributed by atoms with Crippen LogP contribution in [0.2, 0.25) is 0 Å². The van der Waals surface area contributed by atoms with Crippen molar-refractivity contribution in [2.24, 2.45) is 9.98 Å². The van der Waals surface area contributed by atoms with Crippen LogP contribution in [0.1, 0.15) is 37.3 Å². The highest BCUT2D eigenvalue weighted by atomic mass is 32.2. The summed E-state index contributed by atoms with van der Waals surface area (Å²) in [5.74, 6) is -0.227. The largest absolute Gasteiger partial charge is 0.385 e. The summed E-state index contributed by atoms with van der Waals surface area (Å²) >= 11 is 1.24. The Morgan fingerprint density at radius 1 is 1.11 bits per heavy atom. The number of nitrogens with zero attached hydrogens (tertiary/aromatic N) is 3. The molecule has 4 rings (SSSR count). The first-order chi connectivity index (χ1) is 18.0. The van der Waals surface area contributed by atoms with Gasteiger partial charge in [-0.15, -0.1) is 0 Å². The minimum absolute atomic E-state index is 0.0665. The first-order valence-electron chi connectivity index (χ1n) is 12.4. The fourth-order valence-corrected chi connectivity index (χ4v) is 5.09. The minimum Gasteiger partial charge on any atom is -0.385 e. The maximum Gasteiger partial charge on any atom is 0.259 e. The molecule has 10 heteroatoms. The number of methoxy groups -OCH3 is 1. The molecule has 0 saturated carbocycles. The predicted molar refractivity (Wildman–Crippen MR) is 145 cm³/mol. The first kappa shape index (κ1) is 26.6.